The summed E-state index contributed by atoms with van der Waals surface area (Å²) in [6, 6.07) is 10.1. The Kier molecular flexibility index (Phi) is 4.50. The van der Waals surface area contributed by atoms with Crippen LogP contribution in [-0.2, 0) is 16.0 Å². The SMILES string of the molecule is CC(C)(OCCCc1ccccc1)C(=O)O. The third kappa shape index (κ3) is 4.03. The molecular weight excluding hydrogens is 204 g/mol. The van der Waals surface area contributed by atoms with Crippen molar-refractivity contribution in [1.29, 1.82) is 0 Å². The van der Waals surface area contributed by atoms with Crippen LogP contribution in [0.5, 0.6) is 0 Å². The molecule has 0 atom stereocenters. The van der Waals surface area contributed by atoms with E-state index in [0.717, 1.165) is 12.8 Å². The van der Waals surface area contributed by atoms with E-state index >= 15 is 0 Å². The Morgan fingerprint density at radius 2 is 1.94 bits per heavy atom. The first kappa shape index (κ1) is 12.7. The molecule has 0 spiro atoms. The largest absolute Gasteiger partial charge is 0.479 e. The molecular formula is C13H18O3. The molecule has 1 aromatic rings. The molecule has 16 heavy (non-hydrogen) atoms. The molecule has 0 heterocycles. The number of hydrogen-bond acceptors (Lipinski definition) is 2. The van der Waals surface area contributed by atoms with Gasteiger partial charge in [-0.15, -0.1) is 0 Å². The minimum absolute atomic E-state index is 0.466. The molecule has 0 amide bonds. The lowest BCUT2D eigenvalue weighted by molar-refractivity contribution is -0.161. The fourth-order valence-electron chi connectivity index (χ4n) is 1.31. The van der Waals surface area contributed by atoms with Crippen molar-refractivity contribution in [3.8, 4) is 0 Å². The summed E-state index contributed by atoms with van der Waals surface area (Å²) in [7, 11) is 0. The van der Waals surface area contributed by atoms with Crippen molar-refractivity contribution in [3.63, 3.8) is 0 Å². The molecule has 0 fully saturated rings. The quantitative estimate of drug-likeness (QED) is 0.752. The molecule has 1 aromatic carbocycles. The van der Waals surface area contributed by atoms with E-state index in [-0.39, 0.29) is 0 Å². The zero-order chi connectivity index (χ0) is 12.0. The topological polar surface area (TPSA) is 46.5 Å². The average Bonchev–Trinajstić information content (AvgIpc) is 2.26. The Labute approximate surface area is 96.1 Å². The molecule has 0 unspecified atom stereocenters. The number of rotatable bonds is 6. The first-order chi connectivity index (χ1) is 7.52. The number of hydrogen-bond donors (Lipinski definition) is 1. The zero-order valence-electron chi connectivity index (χ0n) is 9.77. The summed E-state index contributed by atoms with van der Waals surface area (Å²) >= 11 is 0. The van der Waals surface area contributed by atoms with Gasteiger partial charge in [-0.1, -0.05) is 30.3 Å². The maximum Gasteiger partial charge on any atom is 0.335 e. The molecule has 0 saturated carbocycles. The Balaban J connectivity index is 2.25. The highest BCUT2D eigenvalue weighted by Crippen LogP contribution is 2.10. The number of aryl methyl sites for hydroxylation is 1. The Hall–Kier alpha value is -1.35. The molecule has 0 saturated heterocycles. The predicted octanol–water partition coefficient (Wildman–Crippen LogP) is 2.50. The Morgan fingerprint density at radius 3 is 2.50 bits per heavy atom. The van der Waals surface area contributed by atoms with E-state index < -0.39 is 11.6 Å². The van der Waals surface area contributed by atoms with Crippen molar-refractivity contribution >= 4 is 5.97 Å². The monoisotopic (exact) mass is 222 g/mol. The van der Waals surface area contributed by atoms with Gasteiger partial charge in [0, 0.05) is 6.61 Å². The molecule has 0 aromatic heterocycles. The van der Waals surface area contributed by atoms with Crippen molar-refractivity contribution in [3.05, 3.63) is 35.9 Å². The lowest BCUT2D eigenvalue weighted by atomic mass is 10.1. The van der Waals surface area contributed by atoms with Crippen LogP contribution >= 0.6 is 0 Å². The van der Waals surface area contributed by atoms with Crippen molar-refractivity contribution < 1.29 is 14.6 Å². The van der Waals surface area contributed by atoms with Crippen molar-refractivity contribution in [2.45, 2.75) is 32.3 Å². The van der Waals surface area contributed by atoms with Gasteiger partial charge in [0.15, 0.2) is 5.60 Å². The number of carbonyl (C=O) groups is 1. The lowest BCUT2D eigenvalue weighted by Crippen LogP contribution is -2.35. The second-order valence-electron chi connectivity index (χ2n) is 4.25. The lowest BCUT2D eigenvalue weighted by Gasteiger charge is -2.19. The minimum Gasteiger partial charge on any atom is -0.479 e. The molecule has 88 valence electrons. The summed E-state index contributed by atoms with van der Waals surface area (Å²) in [6.45, 7) is 3.60. The van der Waals surface area contributed by atoms with Crippen LogP contribution in [0.25, 0.3) is 0 Å². The van der Waals surface area contributed by atoms with Crippen LogP contribution in [-0.4, -0.2) is 23.3 Å². The van der Waals surface area contributed by atoms with Gasteiger partial charge in [0.1, 0.15) is 0 Å². The summed E-state index contributed by atoms with van der Waals surface area (Å²) in [5, 5.41) is 8.83. The summed E-state index contributed by atoms with van der Waals surface area (Å²) in [5.74, 6) is -0.924. The number of aliphatic carboxylic acids is 1. The second kappa shape index (κ2) is 5.66. The summed E-state index contributed by atoms with van der Waals surface area (Å²) in [5.41, 5.74) is 0.163. The van der Waals surface area contributed by atoms with E-state index in [4.69, 9.17) is 9.84 Å². The normalized spacial score (nSPS) is 11.4. The first-order valence-electron chi connectivity index (χ1n) is 5.43. The fraction of sp³-hybridized carbons (Fsp3) is 0.462. The van der Waals surface area contributed by atoms with Gasteiger partial charge in [0.2, 0.25) is 0 Å². The van der Waals surface area contributed by atoms with Gasteiger partial charge in [-0.3, -0.25) is 0 Å². The van der Waals surface area contributed by atoms with E-state index in [1.165, 1.54) is 5.56 Å². The molecule has 1 N–H and O–H groups in total. The smallest absolute Gasteiger partial charge is 0.335 e. The minimum atomic E-state index is -1.09. The third-order valence-corrected chi connectivity index (χ3v) is 2.43. The molecule has 0 aliphatic rings. The summed E-state index contributed by atoms with van der Waals surface area (Å²) in [4.78, 5) is 10.8. The van der Waals surface area contributed by atoms with Crippen molar-refractivity contribution in [2.24, 2.45) is 0 Å². The van der Waals surface area contributed by atoms with Crippen molar-refractivity contribution in [2.75, 3.05) is 6.61 Å². The van der Waals surface area contributed by atoms with E-state index in [0.29, 0.717) is 6.61 Å². The Morgan fingerprint density at radius 1 is 1.31 bits per heavy atom. The van der Waals surface area contributed by atoms with E-state index in [2.05, 4.69) is 12.1 Å². The maximum absolute atomic E-state index is 10.8. The molecule has 3 nitrogen and oxygen atoms in total. The molecule has 0 aliphatic carbocycles. The van der Waals surface area contributed by atoms with Gasteiger partial charge >= 0.3 is 5.97 Å². The Bertz CT molecular complexity index is 330. The number of carboxylic acid groups (broad SMARTS) is 1. The highest BCUT2D eigenvalue weighted by atomic mass is 16.5. The van der Waals surface area contributed by atoms with Crippen LogP contribution in [0.3, 0.4) is 0 Å². The van der Waals surface area contributed by atoms with Crippen LogP contribution in [0, 0.1) is 0 Å². The first-order valence-corrected chi connectivity index (χ1v) is 5.43. The third-order valence-electron chi connectivity index (χ3n) is 2.43. The van der Waals surface area contributed by atoms with Crippen LogP contribution in [0.2, 0.25) is 0 Å². The second-order valence-corrected chi connectivity index (χ2v) is 4.25. The van der Waals surface area contributed by atoms with Gasteiger partial charge in [-0.25, -0.2) is 4.79 Å². The van der Waals surface area contributed by atoms with Crippen LogP contribution in [0.15, 0.2) is 30.3 Å². The van der Waals surface area contributed by atoms with Gasteiger partial charge in [0.05, 0.1) is 0 Å². The van der Waals surface area contributed by atoms with Gasteiger partial charge < -0.3 is 9.84 Å². The highest BCUT2D eigenvalue weighted by molar-refractivity contribution is 5.76. The standard InChI is InChI=1S/C13H18O3/c1-13(2,12(14)15)16-10-6-9-11-7-4-3-5-8-11/h3-5,7-8H,6,9-10H2,1-2H3,(H,14,15). The van der Waals surface area contributed by atoms with E-state index in [1.807, 2.05) is 18.2 Å². The summed E-state index contributed by atoms with van der Waals surface area (Å²) in [6.07, 6.45) is 1.75. The van der Waals surface area contributed by atoms with Gasteiger partial charge in [-0.05, 0) is 32.3 Å². The maximum atomic E-state index is 10.8. The number of benzene rings is 1. The number of ether oxygens (including phenoxy) is 1. The van der Waals surface area contributed by atoms with Crippen LogP contribution < -0.4 is 0 Å². The predicted molar refractivity (Wildman–Crippen MR) is 62.4 cm³/mol. The fourth-order valence-corrected chi connectivity index (χ4v) is 1.31. The number of carboxylic acids is 1. The highest BCUT2D eigenvalue weighted by Gasteiger charge is 2.27. The zero-order valence-corrected chi connectivity index (χ0v) is 9.77. The molecule has 0 radical (unpaired) electrons. The van der Waals surface area contributed by atoms with Crippen molar-refractivity contribution in [1.82, 2.24) is 0 Å². The van der Waals surface area contributed by atoms with Gasteiger partial charge in [-0.2, -0.15) is 0 Å². The average molecular weight is 222 g/mol. The molecule has 0 bridgehead atoms. The molecule has 0 aliphatic heterocycles. The van der Waals surface area contributed by atoms with Crippen LogP contribution in [0.4, 0.5) is 0 Å². The molecule has 1 rings (SSSR count). The van der Waals surface area contributed by atoms with Gasteiger partial charge in [0.25, 0.3) is 0 Å². The van der Waals surface area contributed by atoms with Crippen LogP contribution in [0.1, 0.15) is 25.8 Å². The molecule has 3 heteroatoms. The van der Waals surface area contributed by atoms with E-state index in [9.17, 15) is 4.79 Å². The summed E-state index contributed by atoms with van der Waals surface area (Å²) < 4.78 is 5.31. The van der Waals surface area contributed by atoms with E-state index in [1.54, 1.807) is 13.8 Å².